The van der Waals surface area contributed by atoms with Crippen LogP contribution in [0.3, 0.4) is 0 Å². The smallest absolute Gasteiger partial charge is 0.302 e. The number of carbonyl (C=O) groups is 2. The summed E-state index contributed by atoms with van der Waals surface area (Å²) in [6.07, 6.45) is 0. The lowest BCUT2D eigenvalue weighted by atomic mass is 9.99. The van der Waals surface area contributed by atoms with Crippen molar-refractivity contribution in [3.05, 3.63) is 76.0 Å². The number of rotatable bonds is 3. The number of aliphatic hydroxyl groups is 1. The Morgan fingerprint density at radius 2 is 2.03 bits per heavy atom. The molecule has 2 N–H and O–H groups in total. The molecule has 170 valence electrons. The van der Waals surface area contributed by atoms with E-state index in [2.05, 4.69) is 9.97 Å². The minimum Gasteiger partial charge on any atom is -0.507 e. The van der Waals surface area contributed by atoms with Gasteiger partial charge in [-0.05, 0) is 41.8 Å². The molecular formula is C25H20N4O4S. The maximum absolute atomic E-state index is 13.3. The van der Waals surface area contributed by atoms with Gasteiger partial charge in [0, 0.05) is 17.5 Å². The number of anilines is 2. The highest BCUT2D eigenvalue weighted by Crippen LogP contribution is 2.44. The maximum Gasteiger partial charge on any atom is 0.302 e. The summed E-state index contributed by atoms with van der Waals surface area (Å²) in [7, 11) is 1.94. The number of nitrogens with zero attached hydrogens (tertiary/aromatic N) is 3. The zero-order valence-electron chi connectivity index (χ0n) is 18.2. The summed E-state index contributed by atoms with van der Waals surface area (Å²) in [5.74, 6) is -0.740. The number of carbonyl (C=O) groups excluding carboxylic acids is 2. The number of H-pyrrole nitrogens is 1. The second-order valence-corrected chi connectivity index (χ2v) is 9.19. The Morgan fingerprint density at radius 3 is 2.82 bits per heavy atom. The molecule has 4 aromatic rings. The topological polar surface area (TPSA) is 98.8 Å². The van der Waals surface area contributed by atoms with Crippen molar-refractivity contribution in [3.63, 3.8) is 0 Å². The number of hydrogen-bond donors (Lipinski definition) is 2. The summed E-state index contributed by atoms with van der Waals surface area (Å²) in [6.45, 7) is 1.29. The van der Waals surface area contributed by atoms with Crippen LogP contribution >= 0.6 is 11.3 Å². The van der Waals surface area contributed by atoms with Gasteiger partial charge in [-0.1, -0.05) is 18.2 Å². The molecule has 0 bridgehead atoms. The Balaban J connectivity index is 1.52. The van der Waals surface area contributed by atoms with E-state index in [1.165, 1.54) is 16.2 Å². The fourth-order valence-electron chi connectivity index (χ4n) is 4.47. The van der Waals surface area contributed by atoms with Gasteiger partial charge in [-0.3, -0.25) is 14.5 Å². The highest BCUT2D eigenvalue weighted by Gasteiger charge is 2.48. The molecular weight excluding hydrogens is 452 g/mol. The normalized spacial score (nSPS) is 19.5. The molecule has 8 nitrogen and oxygen atoms in total. The number of hydrogen-bond acceptors (Lipinski definition) is 7. The molecule has 6 rings (SSSR count). The average Bonchev–Trinajstić information content (AvgIpc) is 3.57. The summed E-state index contributed by atoms with van der Waals surface area (Å²) < 4.78 is 5.70. The number of para-hydroxylation sites is 2. The predicted octanol–water partition coefficient (Wildman–Crippen LogP) is 4.08. The number of amides is 1. The van der Waals surface area contributed by atoms with Gasteiger partial charge in [-0.25, -0.2) is 4.98 Å². The minimum absolute atomic E-state index is 0.0345. The Morgan fingerprint density at radius 1 is 1.18 bits per heavy atom. The van der Waals surface area contributed by atoms with Crippen LogP contribution in [0.25, 0.3) is 16.8 Å². The van der Waals surface area contributed by atoms with Gasteiger partial charge in [-0.2, -0.15) is 0 Å². The summed E-state index contributed by atoms with van der Waals surface area (Å²) in [4.78, 5) is 38.4. The van der Waals surface area contributed by atoms with Gasteiger partial charge >= 0.3 is 5.91 Å². The van der Waals surface area contributed by atoms with Gasteiger partial charge in [0.1, 0.15) is 24.2 Å². The lowest BCUT2D eigenvalue weighted by molar-refractivity contribution is -0.132. The van der Waals surface area contributed by atoms with Gasteiger partial charge < -0.3 is 19.7 Å². The first-order chi connectivity index (χ1) is 16.5. The zero-order valence-corrected chi connectivity index (χ0v) is 19.0. The fourth-order valence-corrected chi connectivity index (χ4v) is 5.30. The minimum atomic E-state index is -0.800. The molecule has 1 saturated heterocycles. The number of likely N-dealkylation sites (N-methyl/N-ethyl adjacent to an activating group) is 1. The number of ketones is 1. The van der Waals surface area contributed by atoms with Crippen molar-refractivity contribution in [2.75, 3.05) is 30.0 Å². The molecule has 2 aromatic heterocycles. The van der Waals surface area contributed by atoms with Crippen molar-refractivity contribution in [1.82, 2.24) is 9.97 Å². The largest absolute Gasteiger partial charge is 0.507 e. The van der Waals surface area contributed by atoms with E-state index in [-0.39, 0.29) is 17.3 Å². The van der Waals surface area contributed by atoms with Gasteiger partial charge in [0.05, 0.1) is 28.8 Å². The van der Waals surface area contributed by atoms with E-state index in [0.29, 0.717) is 30.0 Å². The molecule has 0 radical (unpaired) electrons. The number of ether oxygens (including phenoxy) is 1. The molecule has 0 saturated carbocycles. The van der Waals surface area contributed by atoms with Crippen LogP contribution in [0.2, 0.25) is 0 Å². The number of aromatic amines is 1. The molecule has 2 aliphatic heterocycles. The van der Waals surface area contributed by atoms with Crippen LogP contribution in [0, 0.1) is 0 Å². The number of Topliss-reactive ketones (excluding diaryl/α,β-unsaturated/α-hetero) is 1. The number of thiophene rings is 1. The van der Waals surface area contributed by atoms with Crippen molar-refractivity contribution >= 4 is 51.5 Å². The molecule has 34 heavy (non-hydrogen) atoms. The van der Waals surface area contributed by atoms with E-state index in [4.69, 9.17) is 4.74 Å². The second-order valence-electron chi connectivity index (χ2n) is 8.21. The predicted molar refractivity (Wildman–Crippen MR) is 130 cm³/mol. The van der Waals surface area contributed by atoms with Gasteiger partial charge in [0.15, 0.2) is 0 Å². The Labute approximate surface area is 198 Å². The zero-order chi connectivity index (χ0) is 23.4. The number of imidazole rings is 1. The first-order valence-electron chi connectivity index (χ1n) is 10.8. The Kier molecular flexibility index (Phi) is 4.66. The van der Waals surface area contributed by atoms with Crippen LogP contribution in [-0.2, 0) is 9.59 Å². The van der Waals surface area contributed by atoms with E-state index in [1.54, 1.807) is 18.2 Å². The van der Waals surface area contributed by atoms with Crippen molar-refractivity contribution in [3.8, 4) is 5.75 Å². The summed E-state index contributed by atoms with van der Waals surface area (Å²) >= 11 is 1.41. The van der Waals surface area contributed by atoms with Crippen LogP contribution in [0.5, 0.6) is 5.75 Å². The molecule has 4 heterocycles. The van der Waals surface area contributed by atoms with Crippen LogP contribution < -0.4 is 14.5 Å². The third-order valence-electron chi connectivity index (χ3n) is 6.19. The molecule has 1 fully saturated rings. The van der Waals surface area contributed by atoms with E-state index in [1.807, 2.05) is 53.7 Å². The van der Waals surface area contributed by atoms with Crippen molar-refractivity contribution in [2.45, 2.75) is 6.04 Å². The number of benzene rings is 2. The fraction of sp³-hybridized carbons (Fsp3) is 0.160. The number of aliphatic hydroxyl groups excluding tert-OH is 1. The Bertz CT molecular complexity index is 1440. The van der Waals surface area contributed by atoms with Crippen molar-refractivity contribution in [2.24, 2.45) is 0 Å². The summed E-state index contributed by atoms with van der Waals surface area (Å²) in [5.41, 5.74) is 2.73. The standard InChI is InChI=1S/C25H20N4O4S/c1-28-10-11-33-18-9-8-14(13-17(18)28)22(30)20-21(19-7-4-12-34-19)29(24(32)23(20)31)25-26-15-5-2-3-6-16(15)27-25/h2-9,12-13,21,30H,10-11H2,1H3,(H,26,27)/b22-20+. The molecule has 1 amide bonds. The van der Waals surface area contributed by atoms with E-state index in [0.717, 1.165) is 16.1 Å². The van der Waals surface area contributed by atoms with Crippen molar-refractivity contribution in [1.29, 1.82) is 0 Å². The monoisotopic (exact) mass is 472 g/mol. The average molecular weight is 473 g/mol. The highest BCUT2D eigenvalue weighted by molar-refractivity contribution is 7.10. The summed E-state index contributed by atoms with van der Waals surface area (Å²) in [6, 6.07) is 15.6. The van der Waals surface area contributed by atoms with Crippen LogP contribution in [-0.4, -0.2) is 47.0 Å². The van der Waals surface area contributed by atoms with E-state index in [9.17, 15) is 14.7 Å². The maximum atomic E-state index is 13.3. The van der Waals surface area contributed by atoms with Crippen LogP contribution in [0.1, 0.15) is 16.5 Å². The van der Waals surface area contributed by atoms with Crippen LogP contribution in [0.4, 0.5) is 11.6 Å². The third kappa shape index (κ3) is 3.08. The van der Waals surface area contributed by atoms with Gasteiger partial charge in [-0.15, -0.1) is 11.3 Å². The molecule has 0 aliphatic carbocycles. The lowest BCUT2D eigenvalue weighted by Crippen LogP contribution is -2.30. The molecule has 0 spiro atoms. The van der Waals surface area contributed by atoms with E-state index >= 15 is 0 Å². The highest BCUT2D eigenvalue weighted by atomic mass is 32.1. The second kappa shape index (κ2) is 7.74. The van der Waals surface area contributed by atoms with E-state index < -0.39 is 17.7 Å². The molecule has 1 atom stereocenters. The third-order valence-corrected chi connectivity index (χ3v) is 7.11. The molecule has 2 aliphatic rings. The van der Waals surface area contributed by atoms with Crippen molar-refractivity contribution < 1.29 is 19.4 Å². The quantitative estimate of drug-likeness (QED) is 0.265. The first kappa shape index (κ1) is 20.5. The van der Waals surface area contributed by atoms with Gasteiger partial charge in [0.25, 0.3) is 5.78 Å². The summed E-state index contributed by atoms with van der Waals surface area (Å²) in [5, 5.41) is 13.2. The molecule has 2 aromatic carbocycles. The van der Waals surface area contributed by atoms with Gasteiger partial charge in [0.2, 0.25) is 5.95 Å². The number of aromatic nitrogens is 2. The SMILES string of the molecule is CN1CCOc2ccc(/C(O)=C3\C(=O)C(=O)N(c4nc5ccccc5[nH]4)C3c3cccs3)cc21. The lowest BCUT2D eigenvalue weighted by Gasteiger charge is -2.28. The number of fused-ring (bicyclic) bond motifs is 2. The first-order valence-corrected chi connectivity index (χ1v) is 11.7. The number of nitrogens with one attached hydrogen (secondary N) is 1. The van der Waals surface area contributed by atoms with Crippen LogP contribution in [0.15, 0.2) is 65.6 Å². The molecule has 9 heteroatoms. The molecule has 1 unspecified atom stereocenters. The Hall–Kier alpha value is -4.11.